The van der Waals surface area contributed by atoms with E-state index in [1.54, 1.807) is 0 Å². The Hall–Kier alpha value is -1.75. The highest BCUT2D eigenvalue weighted by Crippen LogP contribution is 2.68. The van der Waals surface area contributed by atoms with E-state index in [2.05, 4.69) is 0 Å². The van der Waals surface area contributed by atoms with Crippen LogP contribution in [0.2, 0.25) is 0 Å². The van der Waals surface area contributed by atoms with E-state index in [4.69, 9.17) is 0 Å². The molecule has 0 aliphatic carbocycles. The Labute approximate surface area is 202 Å². The molecule has 40 heavy (non-hydrogen) atoms. The molecule has 0 bridgehead atoms. The predicted molar refractivity (Wildman–Crippen MR) is 75.4 cm³/mol. The predicted octanol–water partition coefficient (Wildman–Crippen LogP) is 9.34. The Morgan fingerprint density at radius 3 is 0.650 bits per heavy atom. The van der Waals surface area contributed by atoms with E-state index in [1.807, 2.05) is 0 Å². The van der Waals surface area contributed by atoms with Gasteiger partial charge in [0, 0.05) is 0 Å². The summed E-state index contributed by atoms with van der Waals surface area (Å²) >= 11 is 0. The molecular formula is C15H7F25. The number of hydrogen-bond donors (Lipinski definition) is 0. The van der Waals surface area contributed by atoms with E-state index in [1.165, 1.54) is 0 Å². The Bertz CT molecular complexity index is 902. The zero-order valence-electron chi connectivity index (χ0n) is 17.9. The minimum atomic E-state index is -9.53. The first kappa shape index (κ1) is 38.2. The first-order chi connectivity index (χ1) is 16.8. The minimum Gasteiger partial charge on any atom is -0.227 e. The molecule has 0 aliphatic heterocycles. The maximum absolute atomic E-state index is 13.9. The summed E-state index contributed by atoms with van der Waals surface area (Å²) in [7, 11) is 0. The van der Waals surface area contributed by atoms with Crippen LogP contribution in [-0.2, 0) is 0 Å². The minimum absolute atomic E-state index is 0.203. The second-order valence-electron chi connectivity index (χ2n) is 7.72. The summed E-state index contributed by atoms with van der Waals surface area (Å²) in [5.74, 6) is -82.3. The van der Waals surface area contributed by atoms with Crippen molar-refractivity contribution in [2.75, 3.05) is 0 Å². The standard InChI is InChI=1S/C15H7F25/c1-2-3-4(16,14(35,36)37)5(17,18)6(19,20)7(21,22)8(23,24)9(25,26)10(27,28)11(29,30)12(31,32)13(33,34)15(38,39)40/h2-3H2,1H3. The van der Waals surface area contributed by atoms with Crippen LogP contribution >= 0.6 is 0 Å². The highest BCUT2D eigenvalue weighted by atomic mass is 19.4. The molecule has 242 valence electrons. The molecule has 0 N–H and O–H groups in total. The van der Waals surface area contributed by atoms with Crippen LogP contribution in [0.5, 0.6) is 0 Å². The number of hydrogen-bond acceptors (Lipinski definition) is 0. The van der Waals surface area contributed by atoms with Crippen molar-refractivity contribution >= 4 is 0 Å². The monoisotopic (exact) mass is 662 g/mol. The molecule has 0 spiro atoms. The van der Waals surface area contributed by atoms with Crippen LogP contribution in [0.15, 0.2) is 0 Å². The van der Waals surface area contributed by atoms with Gasteiger partial charge in [-0.1, -0.05) is 13.3 Å². The van der Waals surface area contributed by atoms with Crippen LogP contribution in [0.25, 0.3) is 0 Å². The van der Waals surface area contributed by atoms with Crippen molar-refractivity contribution in [3.05, 3.63) is 0 Å². The second-order valence-corrected chi connectivity index (χ2v) is 7.72. The summed E-state index contributed by atoms with van der Waals surface area (Å²) in [6, 6.07) is 0. The molecule has 0 aromatic rings. The molecular weight excluding hydrogens is 655 g/mol. The van der Waals surface area contributed by atoms with Gasteiger partial charge in [0.05, 0.1) is 0 Å². The fourth-order valence-electron chi connectivity index (χ4n) is 2.63. The van der Waals surface area contributed by atoms with Crippen molar-refractivity contribution in [2.45, 2.75) is 91.1 Å². The van der Waals surface area contributed by atoms with Gasteiger partial charge in [0.15, 0.2) is 0 Å². The normalized spacial score (nSPS) is 18.1. The molecule has 0 aliphatic rings. The average Bonchev–Trinajstić information content (AvgIpc) is 2.70. The molecule has 1 unspecified atom stereocenters. The molecule has 0 aromatic heterocycles. The maximum Gasteiger partial charge on any atom is 0.460 e. The zero-order chi connectivity index (χ0) is 33.4. The number of halogens is 25. The van der Waals surface area contributed by atoms with Gasteiger partial charge in [-0.25, -0.2) is 4.39 Å². The van der Waals surface area contributed by atoms with E-state index < -0.39 is 84.2 Å². The molecule has 0 amide bonds. The third kappa shape index (κ3) is 4.39. The molecule has 0 rings (SSSR count). The fraction of sp³-hybridized carbons (Fsp3) is 1.00. The molecule has 1 atom stereocenters. The average molecular weight is 662 g/mol. The van der Waals surface area contributed by atoms with E-state index in [0.717, 1.165) is 0 Å². The quantitative estimate of drug-likeness (QED) is 0.194. The van der Waals surface area contributed by atoms with Gasteiger partial charge < -0.3 is 0 Å². The Kier molecular flexibility index (Phi) is 8.97. The maximum atomic E-state index is 13.9. The fourth-order valence-corrected chi connectivity index (χ4v) is 2.63. The third-order valence-corrected chi connectivity index (χ3v) is 5.05. The van der Waals surface area contributed by atoms with Crippen LogP contribution in [-0.4, -0.2) is 71.3 Å². The summed E-state index contributed by atoms with van der Waals surface area (Å²) in [5.41, 5.74) is -7.12. The van der Waals surface area contributed by atoms with Crippen molar-refractivity contribution in [3.63, 3.8) is 0 Å². The Morgan fingerprint density at radius 2 is 0.475 bits per heavy atom. The summed E-state index contributed by atoms with van der Waals surface area (Å²) in [4.78, 5) is 0. The molecule has 0 radical (unpaired) electrons. The highest BCUT2D eigenvalue weighted by molar-refractivity contribution is 5.20. The van der Waals surface area contributed by atoms with Crippen LogP contribution in [0.4, 0.5) is 110 Å². The van der Waals surface area contributed by atoms with Crippen molar-refractivity contribution in [1.82, 2.24) is 0 Å². The Morgan fingerprint density at radius 1 is 0.275 bits per heavy atom. The largest absolute Gasteiger partial charge is 0.460 e. The first-order valence-corrected chi connectivity index (χ1v) is 9.04. The van der Waals surface area contributed by atoms with E-state index >= 15 is 0 Å². The van der Waals surface area contributed by atoms with Gasteiger partial charge in [-0.15, -0.1) is 0 Å². The van der Waals surface area contributed by atoms with Crippen LogP contribution in [0.3, 0.4) is 0 Å². The first-order valence-electron chi connectivity index (χ1n) is 9.04. The van der Waals surface area contributed by atoms with Crippen molar-refractivity contribution in [2.24, 2.45) is 0 Å². The van der Waals surface area contributed by atoms with Gasteiger partial charge in [-0.05, 0) is 6.42 Å². The van der Waals surface area contributed by atoms with Gasteiger partial charge in [0.2, 0.25) is 0 Å². The number of alkyl halides is 25. The van der Waals surface area contributed by atoms with Crippen molar-refractivity contribution in [3.8, 4) is 0 Å². The van der Waals surface area contributed by atoms with Gasteiger partial charge in [-0.3, -0.25) is 0 Å². The Balaban J connectivity index is 7.39. The molecule has 0 saturated heterocycles. The van der Waals surface area contributed by atoms with Crippen molar-refractivity contribution in [1.29, 1.82) is 0 Å². The lowest BCUT2D eigenvalue weighted by atomic mass is 9.81. The SMILES string of the molecule is CCCC(F)(C(F)(F)F)C(F)(F)C(F)(F)C(F)(F)C(F)(F)C(F)(F)C(F)(F)C(F)(F)C(F)(F)C(F)(F)C(F)(F)F. The van der Waals surface area contributed by atoms with Crippen LogP contribution in [0.1, 0.15) is 19.8 Å². The molecule has 25 heteroatoms. The summed E-state index contributed by atoms with van der Waals surface area (Å²) in [6.45, 7) is 0.203. The van der Waals surface area contributed by atoms with Crippen molar-refractivity contribution < 1.29 is 110 Å². The molecule has 0 saturated carbocycles. The molecule has 0 nitrogen and oxygen atoms in total. The topological polar surface area (TPSA) is 0 Å². The van der Waals surface area contributed by atoms with Gasteiger partial charge >= 0.3 is 65.7 Å². The van der Waals surface area contributed by atoms with Crippen LogP contribution < -0.4 is 0 Å². The van der Waals surface area contributed by atoms with Crippen LogP contribution in [0, 0.1) is 0 Å². The van der Waals surface area contributed by atoms with Gasteiger partial charge in [0.25, 0.3) is 5.67 Å². The highest BCUT2D eigenvalue weighted by Gasteiger charge is 2.99. The lowest BCUT2D eigenvalue weighted by molar-refractivity contribution is -0.480. The zero-order valence-corrected chi connectivity index (χ0v) is 17.9. The van der Waals surface area contributed by atoms with E-state index in [-0.39, 0.29) is 6.92 Å². The smallest absolute Gasteiger partial charge is 0.227 e. The number of rotatable bonds is 11. The summed E-state index contributed by atoms with van der Waals surface area (Å²) in [5, 5.41) is 0. The lowest BCUT2D eigenvalue weighted by Gasteiger charge is -2.46. The molecule has 0 fully saturated rings. The second kappa shape index (κ2) is 9.38. The molecule has 0 heterocycles. The molecule has 0 aromatic carbocycles. The summed E-state index contributed by atoms with van der Waals surface area (Å²) < 4.78 is 330. The summed E-state index contributed by atoms with van der Waals surface area (Å²) in [6.07, 6.45) is -20.5. The lowest BCUT2D eigenvalue weighted by Crippen LogP contribution is -2.78. The van der Waals surface area contributed by atoms with Gasteiger partial charge in [0.1, 0.15) is 0 Å². The third-order valence-electron chi connectivity index (χ3n) is 5.05. The van der Waals surface area contributed by atoms with E-state index in [0.29, 0.717) is 0 Å². The van der Waals surface area contributed by atoms with Gasteiger partial charge in [-0.2, -0.15) is 105 Å². The van der Waals surface area contributed by atoms with E-state index in [9.17, 15) is 110 Å².